The number of carbonyl (C=O) groups is 1. The van der Waals surface area contributed by atoms with E-state index in [0.29, 0.717) is 44.6 Å². The molecule has 0 amide bonds. The lowest BCUT2D eigenvalue weighted by Crippen LogP contribution is -2.54. The van der Waals surface area contributed by atoms with Gasteiger partial charge in [0.25, 0.3) is 0 Å². The van der Waals surface area contributed by atoms with Crippen molar-refractivity contribution >= 4 is 5.97 Å². The Hall–Kier alpha value is -1.83. The highest BCUT2D eigenvalue weighted by Gasteiger charge is 2.33. The Balaban J connectivity index is 5.55. The Morgan fingerprint density at radius 2 is 1.05 bits per heavy atom. The van der Waals surface area contributed by atoms with Crippen LogP contribution in [0, 0.1) is 23.2 Å². The maximum absolute atomic E-state index is 13.3. The van der Waals surface area contributed by atoms with Gasteiger partial charge in [0.15, 0.2) is 0 Å². The zero-order valence-electron chi connectivity index (χ0n) is 45.7. The number of nitrogens with zero attached hydrogens (tertiary/aromatic N) is 2. The van der Waals surface area contributed by atoms with Crippen molar-refractivity contribution in [2.75, 3.05) is 32.8 Å². The molecule has 390 valence electrons. The molecular formula is C59H115N3O4. The molecule has 0 heterocycles. The first kappa shape index (κ1) is 64.2. The van der Waals surface area contributed by atoms with Gasteiger partial charge in [0.2, 0.25) is 0 Å². The molecule has 3 N–H and O–H groups in total. The van der Waals surface area contributed by atoms with E-state index in [1.54, 1.807) is 0 Å². The van der Waals surface area contributed by atoms with Gasteiger partial charge in [0.05, 0.1) is 31.0 Å². The Morgan fingerprint density at radius 3 is 1.53 bits per heavy atom. The fraction of sp³-hybridized carbons (Fsp3) is 0.881. The predicted octanol–water partition coefficient (Wildman–Crippen LogP) is 16.5. The number of aliphatic hydroxyl groups is 1. The summed E-state index contributed by atoms with van der Waals surface area (Å²) in [6.07, 6.45) is 41.6. The van der Waals surface area contributed by atoms with Crippen LogP contribution in [0.1, 0.15) is 261 Å². The van der Waals surface area contributed by atoms with Gasteiger partial charge < -0.3 is 25.2 Å². The van der Waals surface area contributed by atoms with Crippen LogP contribution >= 0.6 is 0 Å². The Kier molecular flexibility index (Phi) is 42.0. The third-order valence-electron chi connectivity index (χ3n) is 14.1. The lowest BCUT2D eigenvalue weighted by atomic mass is 9.84. The summed E-state index contributed by atoms with van der Waals surface area (Å²) in [7, 11) is 0. The van der Waals surface area contributed by atoms with Gasteiger partial charge in [-0.3, -0.25) is 9.69 Å². The number of allylic oxidation sites excluding steroid dienone is 2. The summed E-state index contributed by atoms with van der Waals surface area (Å²) in [6.45, 7) is 32.2. The second-order valence-electron chi connectivity index (χ2n) is 21.5. The number of esters is 1. The predicted molar refractivity (Wildman–Crippen MR) is 289 cm³/mol. The van der Waals surface area contributed by atoms with Crippen molar-refractivity contribution in [3.63, 3.8) is 0 Å². The van der Waals surface area contributed by atoms with Crippen molar-refractivity contribution in [1.29, 1.82) is 0 Å². The SMILES string of the molecule is C=CN(/C=C\C(C)CC)CC(N(CC(N)CCCCOC(=C)C(CCCCCC)CCCCCCCC)CC(O)CCCCOC(=O)C(CCCCCC)CCCCCCCC)C(C)(C)C. The third-order valence-corrected chi connectivity index (χ3v) is 14.1. The molecule has 0 aromatic heterocycles. The van der Waals surface area contributed by atoms with Gasteiger partial charge >= 0.3 is 5.97 Å². The maximum Gasteiger partial charge on any atom is 0.308 e. The van der Waals surface area contributed by atoms with Crippen molar-refractivity contribution in [3.05, 3.63) is 37.4 Å². The van der Waals surface area contributed by atoms with E-state index in [2.05, 4.69) is 97.5 Å². The van der Waals surface area contributed by atoms with Crippen molar-refractivity contribution in [2.24, 2.45) is 28.9 Å². The van der Waals surface area contributed by atoms with E-state index in [1.165, 1.54) is 128 Å². The van der Waals surface area contributed by atoms with Gasteiger partial charge in [-0.15, -0.1) is 0 Å². The average molecular weight is 931 g/mol. The molecule has 0 aliphatic carbocycles. The fourth-order valence-electron chi connectivity index (χ4n) is 9.24. The maximum atomic E-state index is 13.3. The van der Waals surface area contributed by atoms with E-state index < -0.39 is 6.10 Å². The first-order valence-electron chi connectivity index (χ1n) is 28.5. The zero-order chi connectivity index (χ0) is 49.3. The van der Waals surface area contributed by atoms with Crippen LogP contribution in [-0.2, 0) is 14.3 Å². The van der Waals surface area contributed by atoms with Gasteiger partial charge in [0.1, 0.15) is 0 Å². The van der Waals surface area contributed by atoms with Gasteiger partial charge in [-0.1, -0.05) is 216 Å². The van der Waals surface area contributed by atoms with E-state index >= 15 is 0 Å². The molecule has 0 fully saturated rings. The average Bonchev–Trinajstić information content (AvgIpc) is 3.28. The van der Waals surface area contributed by atoms with Crippen LogP contribution in [0.4, 0.5) is 0 Å². The summed E-state index contributed by atoms with van der Waals surface area (Å²) in [6, 6.07) is 0.106. The largest absolute Gasteiger partial charge is 0.498 e. The molecule has 66 heavy (non-hydrogen) atoms. The number of ether oxygens (including phenoxy) is 2. The smallest absolute Gasteiger partial charge is 0.308 e. The Morgan fingerprint density at radius 1 is 0.606 bits per heavy atom. The topological polar surface area (TPSA) is 88.3 Å². The number of nitrogens with two attached hydrogens (primary N) is 1. The van der Waals surface area contributed by atoms with E-state index in [0.717, 1.165) is 76.5 Å². The van der Waals surface area contributed by atoms with E-state index in [1.807, 2.05) is 6.20 Å². The molecule has 0 aliphatic heterocycles. The Labute approximate surface area is 412 Å². The molecule has 0 aromatic rings. The number of aliphatic hydroxyl groups excluding tert-OH is 1. The molecular weight excluding hydrogens is 815 g/mol. The third kappa shape index (κ3) is 35.3. The molecule has 0 aromatic carbocycles. The number of rotatable bonds is 48. The molecule has 0 spiro atoms. The van der Waals surface area contributed by atoms with Crippen molar-refractivity contribution < 1.29 is 19.4 Å². The molecule has 7 nitrogen and oxygen atoms in total. The lowest BCUT2D eigenvalue weighted by Gasteiger charge is -2.44. The van der Waals surface area contributed by atoms with E-state index in [4.69, 9.17) is 15.2 Å². The second-order valence-corrected chi connectivity index (χ2v) is 21.5. The summed E-state index contributed by atoms with van der Waals surface area (Å²) in [5.74, 6) is 1.96. The van der Waals surface area contributed by atoms with Gasteiger partial charge in [-0.2, -0.15) is 0 Å². The molecule has 0 bridgehead atoms. The summed E-state index contributed by atoms with van der Waals surface area (Å²) in [5.41, 5.74) is 6.93. The molecule has 6 unspecified atom stereocenters. The molecule has 0 saturated carbocycles. The number of hydrogen-bond acceptors (Lipinski definition) is 7. The lowest BCUT2D eigenvalue weighted by molar-refractivity contribution is -0.149. The molecule has 0 rings (SSSR count). The number of carbonyl (C=O) groups excluding carboxylic acids is 1. The highest BCUT2D eigenvalue weighted by atomic mass is 16.5. The monoisotopic (exact) mass is 930 g/mol. The van der Waals surface area contributed by atoms with Gasteiger partial charge in [-0.05, 0) is 87.9 Å². The summed E-state index contributed by atoms with van der Waals surface area (Å²) < 4.78 is 12.3. The van der Waals surface area contributed by atoms with Crippen LogP contribution in [0.3, 0.4) is 0 Å². The minimum atomic E-state index is -0.504. The quantitative estimate of drug-likeness (QED) is 0.0357. The first-order chi connectivity index (χ1) is 31.8. The number of unbranched alkanes of at least 4 members (excludes halogenated alkanes) is 18. The van der Waals surface area contributed by atoms with Crippen LogP contribution in [0.2, 0.25) is 0 Å². The standard InChI is InChI=1S/C59H115N3O4/c1-12-18-22-26-28-32-39-53(38-30-24-20-14-3)52(8)65-46-36-34-42-55(60)48-62(57(59(9,10)11)50-61(17-6)45-44-51(7)16-5)49-56(63)43-35-37-47-66-58(64)54(40-31-25-21-15-4)41-33-29-27-23-19-13-2/h17,44-45,51,53-57,63H,6,8,12-16,18-43,46-50,60H2,1-5,7,9-11H3/b45-44-. The second kappa shape index (κ2) is 43.2. The summed E-state index contributed by atoms with van der Waals surface area (Å²) >= 11 is 0. The highest BCUT2D eigenvalue weighted by Crippen LogP contribution is 2.29. The van der Waals surface area contributed by atoms with Crippen molar-refractivity contribution in [2.45, 2.75) is 280 Å². The van der Waals surface area contributed by atoms with Crippen molar-refractivity contribution in [3.8, 4) is 0 Å². The normalized spacial score (nSPS) is 14.8. The fourth-order valence-corrected chi connectivity index (χ4v) is 9.24. The molecule has 6 atom stereocenters. The first-order valence-corrected chi connectivity index (χ1v) is 28.5. The minimum Gasteiger partial charge on any atom is -0.498 e. The Bertz CT molecular complexity index is 1090. The van der Waals surface area contributed by atoms with Crippen LogP contribution < -0.4 is 5.73 Å². The highest BCUT2D eigenvalue weighted by molar-refractivity contribution is 5.72. The number of hydrogen-bond donors (Lipinski definition) is 2. The van der Waals surface area contributed by atoms with Crippen LogP contribution in [0.5, 0.6) is 0 Å². The molecule has 0 aliphatic rings. The van der Waals surface area contributed by atoms with Crippen LogP contribution in [0.25, 0.3) is 0 Å². The van der Waals surface area contributed by atoms with Gasteiger partial charge in [-0.25, -0.2) is 0 Å². The zero-order valence-corrected chi connectivity index (χ0v) is 45.7. The van der Waals surface area contributed by atoms with Crippen molar-refractivity contribution in [1.82, 2.24) is 9.80 Å². The summed E-state index contributed by atoms with van der Waals surface area (Å²) in [5, 5.41) is 11.6. The molecule has 7 heteroatoms. The van der Waals surface area contributed by atoms with E-state index in [9.17, 15) is 9.90 Å². The minimum absolute atomic E-state index is 0.00932. The molecule has 0 saturated heterocycles. The van der Waals surface area contributed by atoms with Gasteiger partial charge in [0, 0.05) is 37.6 Å². The van der Waals surface area contributed by atoms with Crippen LogP contribution in [-0.4, -0.2) is 71.9 Å². The molecule has 0 radical (unpaired) electrons. The van der Waals surface area contributed by atoms with E-state index in [-0.39, 0.29) is 29.4 Å². The summed E-state index contributed by atoms with van der Waals surface area (Å²) in [4.78, 5) is 17.9. The van der Waals surface area contributed by atoms with Crippen LogP contribution in [0.15, 0.2) is 37.4 Å².